The van der Waals surface area contributed by atoms with Gasteiger partial charge in [-0.2, -0.15) is 8.78 Å². The molecular weight excluding hydrogens is 306 g/mol. The fourth-order valence-corrected chi connectivity index (χ4v) is 2.27. The first-order valence-electron chi connectivity index (χ1n) is 5.66. The topological polar surface area (TPSA) is 32.3 Å². The number of benzene rings is 1. The predicted octanol–water partition coefficient (Wildman–Crippen LogP) is 1.97. The van der Waals surface area contributed by atoms with Gasteiger partial charge in [-0.1, -0.05) is 28.1 Å². The third kappa shape index (κ3) is 2.70. The van der Waals surface area contributed by atoms with Crippen molar-refractivity contribution in [1.29, 1.82) is 0 Å². The number of rotatable bonds is 2. The van der Waals surface area contributed by atoms with Crippen molar-refractivity contribution in [2.45, 2.75) is 5.92 Å². The summed E-state index contributed by atoms with van der Waals surface area (Å²) in [6, 6.07) is 5.69. The number of carbonyl (C=O) groups excluding carboxylic acids is 1. The van der Waals surface area contributed by atoms with Crippen LogP contribution in [0.2, 0.25) is 0 Å². The van der Waals surface area contributed by atoms with E-state index in [0.29, 0.717) is 30.7 Å². The lowest BCUT2D eigenvalue weighted by molar-refractivity contribution is -0.159. The van der Waals surface area contributed by atoms with Crippen LogP contribution in [0.1, 0.15) is 5.56 Å². The number of hydrogen-bond donors (Lipinski definition) is 1. The van der Waals surface area contributed by atoms with Gasteiger partial charge in [0.15, 0.2) is 0 Å². The number of hydrogen-bond acceptors (Lipinski definition) is 2. The number of halogens is 3. The summed E-state index contributed by atoms with van der Waals surface area (Å²) in [6.07, 6.45) is 0. The highest BCUT2D eigenvalue weighted by Crippen LogP contribution is 2.31. The van der Waals surface area contributed by atoms with Crippen LogP contribution in [0.25, 0.3) is 0 Å². The molecule has 1 aliphatic rings. The van der Waals surface area contributed by atoms with E-state index in [1.54, 1.807) is 6.07 Å². The van der Waals surface area contributed by atoms with E-state index in [0.717, 1.165) is 0 Å². The van der Waals surface area contributed by atoms with Gasteiger partial charge < -0.3 is 10.2 Å². The van der Waals surface area contributed by atoms with E-state index in [1.807, 2.05) is 0 Å². The molecule has 0 saturated carbocycles. The smallest absolute Gasteiger partial charge is 0.335 e. The van der Waals surface area contributed by atoms with Gasteiger partial charge >= 0.3 is 5.92 Å². The Labute approximate surface area is 112 Å². The van der Waals surface area contributed by atoms with E-state index in [-0.39, 0.29) is 5.56 Å². The van der Waals surface area contributed by atoms with Crippen LogP contribution in [0, 0.1) is 0 Å². The standard InChI is InChI=1S/C12H13BrF2N2O/c13-10-3-1-2-9(8-10)12(14,15)11(18)17-6-4-16-5-7-17/h1-3,8,16H,4-7H2. The van der Waals surface area contributed by atoms with E-state index in [9.17, 15) is 13.6 Å². The largest absolute Gasteiger partial charge is 0.350 e. The quantitative estimate of drug-likeness (QED) is 0.904. The molecular formula is C12H13BrF2N2O. The molecule has 6 heteroatoms. The second kappa shape index (κ2) is 5.32. The lowest BCUT2D eigenvalue weighted by Crippen LogP contribution is -2.51. The highest BCUT2D eigenvalue weighted by Gasteiger charge is 2.44. The van der Waals surface area contributed by atoms with Gasteiger partial charge in [0, 0.05) is 36.2 Å². The van der Waals surface area contributed by atoms with Crippen molar-refractivity contribution in [3.8, 4) is 0 Å². The van der Waals surface area contributed by atoms with Crippen LogP contribution in [-0.4, -0.2) is 37.0 Å². The molecule has 1 saturated heterocycles. The zero-order valence-electron chi connectivity index (χ0n) is 9.63. The van der Waals surface area contributed by atoms with E-state index < -0.39 is 11.8 Å². The Kier molecular flexibility index (Phi) is 3.97. The lowest BCUT2D eigenvalue weighted by Gasteiger charge is -2.30. The summed E-state index contributed by atoms with van der Waals surface area (Å²) < 4.78 is 28.7. The fraction of sp³-hybridized carbons (Fsp3) is 0.417. The van der Waals surface area contributed by atoms with Gasteiger partial charge in [-0.05, 0) is 12.1 Å². The van der Waals surface area contributed by atoms with Gasteiger partial charge in [-0.25, -0.2) is 0 Å². The molecule has 18 heavy (non-hydrogen) atoms. The molecule has 0 radical (unpaired) electrons. The maximum absolute atomic E-state index is 14.1. The number of amides is 1. The highest BCUT2D eigenvalue weighted by molar-refractivity contribution is 9.10. The zero-order chi connectivity index (χ0) is 13.2. The van der Waals surface area contributed by atoms with Crippen molar-refractivity contribution in [1.82, 2.24) is 10.2 Å². The molecule has 1 N–H and O–H groups in total. The molecule has 2 rings (SSSR count). The average Bonchev–Trinajstić information content (AvgIpc) is 2.39. The molecule has 0 spiro atoms. The van der Waals surface area contributed by atoms with Gasteiger partial charge in [-0.15, -0.1) is 0 Å². The normalized spacial score (nSPS) is 16.7. The van der Waals surface area contributed by atoms with Crippen LogP contribution in [0.15, 0.2) is 28.7 Å². The first-order valence-corrected chi connectivity index (χ1v) is 6.45. The number of nitrogens with zero attached hydrogens (tertiary/aromatic N) is 1. The molecule has 0 atom stereocenters. The molecule has 3 nitrogen and oxygen atoms in total. The Morgan fingerprint density at radius 3 is 2.61 bits per heavy atom. The van der Waals surface area contributed by atoms with Crippen LogP contribution < -0.4 is 5.32 Å². The van der Waals surface area contributed by atoms with E-state index in [2.05, 4.69) is 21.2 Å². The van der Waals surface area contributed by atoms with Gasteiger partial charge in [0.2, 0.25) is 0 Å². The highest BCUT2D eigenvalue weighted by atomic mass is 79.9. The minimum atomic E-state index is -3.47. The summed E-state index contributed by atoms with van der Waals surface area (Å²) in [6.45, 7) is 1.76. The molecule has 98 valence electrons. The number of nitrogens with one attached hydrogen (secondary N) is 1. The molecule has 1 amide bonds. The molecule has 1 fully saturated rings. The molecule has 0 bridgehead atoms. The van der Waals surface area contributed by atoms with Crippen molar-refractivity contribution in [3.05, 3.63) is 34.3 Å². The third-order valence-corrected chi connectivity index (χ3v) is 3.35. The first-order chi connectivity index (χ1) is 8.51. The molecule has 0 unspecified atom stereocenters. The predicted molar refractivity (Wildman–Crippen MR) is 67.5 cm³/mol. The maximum Gasteiger partial charge on any atom is 0.350 e. The van der Waals surface area contributed by atoms with Crippen molar-refractivity contribution in [2.24, 2.45) is 0 Å². The van der Waals surface area contributed by atoms with Crippen molar-refractivity contribution < 1.29 is 13.6 Å². The SMILES string of the molecule is O=C(N1CCNCC1)C(F)(F)c1cccc(Br)c1. The second-order valence-corrected chi connectivity index (χ2v) is 5.04. The fourth-order valence-electron chi connectivity index (χ4n) is 1.87. The van der Waals surface area contributed by atoms with Crippen LogP contribution in [-0.2, 0) is 10.7 Å². The molecule has 1 aromatic carbocycles. The Bertz CT molecular complexity index is 447. The maximum atomic E-state index is 14.1. The third-order valence-electron chi connectivity index (χ3n) is 2.86. The van der Waals surface area contributed by atoms with Crippen LogP contribution >= 0.6 is 15.9 Å². The van der Waals surface area contributed by atoms with Crippen LogP contribution in [0.5, 0.6) is 0 Å². The Balaban J connectivity index is 2.21. The summed E-state index contributed by atoms with van der Waals surface area (Å²) in [5.74, 6) is -4.59. The summed E-state index contributed by atoms with van der Waals surface area (Å²) in [4.78, 5) is 13.1. The summed E-state index contributed by atoms with van der Waals surface area (Å²) in [7, 11) is 0. The van der Waals surface area contributed by atoms with Gasteiger partial charge in [0.25, 0.3) is 5.91 Å². The summed E-state index contributed by atoms with van der Waals surface area (Å²) in [5.41, 5.74) is -0.277. The number of piperazine rings is 1. The second-order valence-electron chi connectivity index (χ2n) is 4.13. The van der Waals surface area contributed by atoms with Crippen LogP contribution in [0.3, 0.4) is 0 Å². The van der Waals surface area contributed by atoms with E-state index in [1.165, 1.54) is 23.1 Å². The lowest BCUT2D eigenvalue weighted by atomic mass is 10.1. The van der Waals surface area contributed by atoms with Crippen molar-refractivity contribution in [2.75, 3.05) is 26.2 Å². The molecule has 1 aromatic rings. The number of carbonyl (C=O) groups is 1. The average molecular weight is 319 g/mol. The Morgan fingerprint density at radius 1 is 1.33 bits per heavy atom. The van der Waals surface area contributed by atoms with Gasteiger partial charge in [-0.3, -0.25) is 4.79 Å². The Morgan fingerprint density at radius 2 is 2.00 bits per heavy atom. The zero-order valence-corrected chi connectivity index (χ0v) is 11.2. The minimum absolute atomic E-state index is 0.277. The summed E-state index contributed by atoms with van der Waals surface area (Å²) >= 11 is 3.13. The van der Waals surface area contributed by atoms with Crippen molar-refractivity contribution >= 4 is 21.8 Å². The first kappa shape index (κ1) is 13.4. The summed E-state index contributed by atoms with van der Waals surface area (Å²) in [5, 5.41) is 3.02. The van der Waals surface area contributed by atoms with Gasteiger partial charge in [0.05, 0.1) is 0 Å². The van der Waals surface area contributed by atoms with Gasteiger partial charge in [0.1, 0.15) is 0 Å². The molecule has 1 heterocycles. The Hall–Kier alpha value is -1.01. The molecule has 1 aliphatic heterocycles. The van der Waals surface area contributed by atoms with E-state index in [4.69, 9.17) is 0 Å². The minimum Gasteiger partial charge on any atom is -0.335 e. The van der Waals surface area contributed by atoms with E-state index >= 15 is 0 Å². The van der Waals surface area contributed by atoms with Crippen LogP contribution in [0.4, 0.5) is 8.78 Å². The molecule has 0 aliphatic carbocycles. The number of alkyl halides is 2. The molecule has 0 aromatic heterocycles. The monoisotopic (exact) mass is 318 g/mol. The van der Waals surface area contributed by atoms with Crippen molar-refractivity contribution in [3.63, 3.8) is 0 Å².